The van der Waals surface area contributed by atoms with Gasteiger partial charge in [-0.15, -0.1) is 0 Å². The predicted molar refractivity (Wildman–Crippen MR) is 82.2 cm³/mol. The molecule has 0 saturated carbocycles. The Balaban J connectivity index is 1.85. The van der Waals surface area contributed by atoms with Crippen LogP contribution < -0.4 is 5.32 Å². The zero-order chi connectivity index (χ0) is 14.4. The first-order chi connectivity index (χ1) is 9.58. The third-order valence-corrected chi connectivity index (χ3v) is 5.76. The van der Waals surface area contributed by atoms with Gasteiger partial charge in [0.1, 0.15) is 0 Å². The number of benzene rings is 1. The summed E-state index contributed by atoms with van der Waals surface area (Å²) in [6, 6.07) is 9.78. The summed E-state index contributed by atoms with van der Waals surface area (Å²) in [6.07, 6.45) is 2.72. The van der Waals surface area contributed by atoms with Gasteiger partial charge in [0.05, 0.1) is 5.75 Å². The van der Waals surface area contributed by atoms with Crippen molar-refractivity contribution in [1.82, 2.24) is 9.62 Å². The minimum absolute atomic E-state index is 0.193. The molecule has 0 aliphatic carbocycles. The number of hydrogen-bond donors (Lipinski definition) is 1. The van der Waals surface area contributed by atoms with Gasteiger partial charge in [0.25, 0.3) is 0 Å². The highest BCUT2D eigenvalue weighted by atomic mass is 32.2. The summed E-state index contributed by atoms with van der Waals surface area (Å²) in [5.41, 5.74) is 1.08. The fourth-order valence-corrected chi connectivity index (χ4v) is 3.83. The summed E-state index contributed by atoms with van der Waals surface area (Å²) in [5.74, 6) is 0.686. The lowest BCUT2D eigenvalue weighted by atomic mass is 9.98. The first-order valence-electron chi connectivity index (χ1n) is 7.26. The van der Waals surface area contributed by atoms with Crippen LogP contribution in [0.5, 0.6) is 0 Å². The van der Waals surface area contributed by atoms with Crippen LogP contribution in [0, 0.1) is 5.92 Å². The minimum Gasteiger partial charge on any atom is -0.317 e. The van der Waals surface area contributed by atoms with Gasteiger partial charge in [-0.05, 0) is 43.8 Å². The highest BCUT2D eigenvalue weighted by Crippen LogP contribution is 2.15. The van der Waals surface area contributed by atoms with Crippen LogP contribution in [-0.4, -0.2) is 45.2 Å². The van der Waals surface area contributed by atoms with Gasteiger partial charge in [0.2, 0.25) is 10.0 Å². The van der Waals surface area contributed by atoms with Crippen LogP contribution in [0.1, 0.15) is 18.4 Å². The summed E-state index contributed by atoms with van der Waals surface area (Å²) in [5, 5.41) is 3.31. The lowest BCUT2D eigenvalue weighted by Gasteiger charge is -2.27. The van der Waals surface area contributed by atoms with Gasteiger partial charge >= 0.3 is 0 Å². The fourth-order valence-electron chi connectivity index (χ4n) is 2.59. The van der Waals surface area contributed by atoms with Gasteiger partial charge in [-0.1, -0.05) is 30.3 Å². The molecular weight excluding hydrogens is 272 g/mol. The van der Waals surface area contributed by atoms with Crippen LogP contribution in [0.4, 0.5) is 0 Å². The van der Waals surface area contributed by atoms with Crippen LogP contribution in [-0.2, 0) is 16.4 Å². The Morgan fingerprint density at radius 1 is 1.20 bits per heavy atom. The van der Waals surface area contributed by atoms with Crippen molar-refractivity contribution in [3.63, 3.8) is 0 Å². The van der Waals surface area contributed by atoms with E-state index < -0.39 is 10.0 Å². The van der Waals surface area contributed by atoms with Gasteiger partial charge in [0, 0.05) is 13.6 Å². The van der Waals surface area contributed by atoms with Crippen molar-refractivity contribution >= 4 is 10.0 Å². The number of nitrogens with zero attached hydrogens (tertiary/aromatic N) is 1. The molecule has 0 aromatic heterocycles. The molecule has 1 heterocycles. The maximum Gasteiger partial charge on any atom is 0.214 e. The highest BCUT2D eigenvalue weighted by Gasteiger charge is 2.22. The van der Waals surface area contributed by atoms with E-state index in [1.54, 1.807) is 11.4 Å². The zero-order valence-corrected chi connectivity index (χ0v) is 12.9. The first-order valence-corrected chi connectivity index (χ1v) is 8.87. The monoisotopic (exact) mass is 296 g/mol. The van der Waals surface area contributed by atoms with Crippen LogP contribution >= 0.6 is 0 Å². The average molecular weight is 296 g/mol. The number of piperidine rings is 1. The van der Waals surface area contributed by atoms with Crippen molar-refractivity contribution in [2.45, 2.75) is 19.3 Å². The van der Waals surface area contributed by atoms with E-state index in [1.807, 2.05) is 30.3 Å². The topological polar surface area (TPSA) is 49.4 Å². The number of sulfonamides is 1. The molecule has 1 aliphatic heterocycles. The maximum absolute atomic E-state index is 12.3. The van der Waals surface area contributed by atoms with Crippen molar-refractivity contribution in [3.8, 4) is 0 Å². The second-order valence-corrected chi connectivity index (χ2v) is 7.72. The third-order valence-electron chi connectivity index (χ3n) is 3.94. The predicted octanol–water partition coefficient (Wildman–Crippen LogP) is 1.49. The smallest absolute Gasteiger partial charge is 0.214 e. The molecule has 0 amide bonds. The Bertz CT molecular complexity index is 496. The quantitative estimate of drug-likeness (QED) is 0.865. The number of nitrogens with one attached hydrogen (secondary N) is 1. The average Bonchev–Trinajstić information content (AvgIpc) is 2.47. The van der Waals surface area contributed by atoms with E-state index in [9.17, 15) is 8.42 Å². The number of rotatable bonds is 6. The molecule has 0 unspecified atom stereocenters. The summed E-state index contributed by atoms with van der Waals surface area (Å²) in [6.45, 7) is 2.66. The van der Waals surface area contributed by atoms with E-state index in [0.717, 1.165) is 31.5 Å². The Morgan fingerprint density at radius 3 is 2.50 bits per heavy atom. The fraction of sp³-hybridized carbons (Fsp3) is 0.600. The molecule has 2 rings (SSSR count). The standard InChI is InChI=1S/C15H24N2O2S/c1-17(13-15-7-10-16-11-8-15)20(18,19)12-9-14-5-3-2-4-6-14/h2-6,15-16H,7-13H2,1H3. The van der Waals surface area contributed by atoms with Gasteiger partial charge in [-0.3, -0.25) is 0 Å². The van der Waals surface area contributed by atoms with Gasteiger partial charge < -0.3 is 5.32 Å². The Morgan fingerprint density at radius 2 is 1.85 bits per heavy atom. The molecule has 1 N–H and O–H groups in total. The molecule has 0 spiro atoms. The summed E-state index contributed by atoms with van der Waals surface area (Å²) < 4.78 is 26.1. The van der Waals surface area contributed by atoms with Gasteiger partial charge in [-0.25, -0.2) is 12.7 Å². The van der Waals surface area contributed by atoms with Gasteiger partial charge in [-0.2, -0.15) is 0 Å². The summed E-state index contributed by atoms with van der Waals surface area (Å²) in [4.78, 5) is 0. The SMILES string of the molecule is CN(CC1CCNCC1)S(=O)(=O)CCc1ccccc1. The molecular formula is C15H24N2O2S. The Kier molecular flexibility index (Phi) is 5.57. The summed E-state index contributed by atoms with van der Waals surface area (Å²) >= 11 is 0. The second kappa shape index (κ2) is 7.20. The van der Waals surface area contributed by atoms with Crippen molar-refractivity contribution < 1.29 is 8.42 Å². The third kappa shape index (κ3) is 4.58. The second-order valence-electron chi connectivity index (χ2n) is 5.53. The van der Waals surface area contributed by atoms with Crippen LogP contribution in [0.3, 0.4) is 0 Å². The molecule has 0 atom stereocenters. The van der Waals surface area contributed by atoms with Crippen LogP contribution in [0.2, 0.25) is 0 Å². The molecule has 1 aliphatic rings. The molecule has 5 heteroatoms. The Hall–Kier alpha value is -0.910. The lowest BCUT2D eigenvalue weighted by Crippen LogP contribution is -2.38. The molecule has 1 saturated heterocycles. The molecule has 0 bridgehead atoms. The number of hydrogen-bond acceptors (Lipinski definition) is 3. The summed E-state index contributed by atoms with van der Waals surface area (Å²) in [7, 11) is -1.43. The van der Waals surface area contributed by atoms with Gasteiger partial charge in [0.15, 0.2) is 0 Å². The van der Waals surface area contributed by atoms with E-state index in [1.165, 1.54) is 0 Å². The molecule has 20 heavy (non-hydrogen) atoms. The van der Waals surface area contributed by atoms with E-state index in [2.05, 4.69) is 5.32 Å². The maximum atomic E-state index is 12.3. The largest absolute Gasteiger partial charge is 0.317 e. The van der Waals surface area contributed by atoms with Crippen LogP contribution in [0.15, 0.2) is 30.3 Å². The molecule has 1 fully saturated rings. The molecule has 1 aromatic rings. The lowest BCUT2D eigenvalue weighted by molar-refractivity contribution is 0.311. The normalized spacial score (nSPS) is 17.5. The van der Waals surface area contributed by atoms with E-state index in [-0.39, 0.29) is 5.75 Å². The first kappa shape index (κ1) is 15.5. The van der Waals surface area contributed by atoms with E-state index >= 15 is 0 Å². The minimum atomic E-state index is -3.14. The van der Waals surface area contributed by atoms with E-state index in [4.69, 9.17) is 0 Å². The van der Waals surface area contributed by atoms with Crippen molar-refractivity contribution in [3.05, 3.63) is 35.9 Å². The van der Waals surface area contributed by atoms with Crippen molar-refractivity contribution in [1.29, 1.82) is 0 Å². The molecule has 1 aromatic carbocycles. The highest BCUT2D eigenvalue weighted by molar-refractivity contribution is 7.89. The molecule has 112 valence electrons. The Labute approximate surface area is 122 Å². The van der Waals surface area contributed by atoms with Crippen molar-refractivity contribution in [2.75, 3.05) is 32.4 Å². The zero-order valence-electron chi connectivity index (χ0n) is 12.1. The molecule has 0 radical (unpaired) electrons. The van der Waals surface area contributed by atoms with E-state index in [0.29, 0.717) is 18.9 Å². The van der Waals surface area contributed by atoms with Crippen LogP contribution in [0.25, 0.3) is 0 Å². The molecule has 4 nitrogen and oxygen atoms in total. The number of aryl methyl sites for hydroxylation is 1. The van der Waals surface area contributed by atoms with Crippen molar-refractivity contribution in [2.24, 2.45) is 5.92 Å².